The van der Waals surface area contributed by atoms with Crippen molar-refractivity contribution in [1.29, 1.82) is 0 Å². The number of carbonyl (C=O) groups excluding carboxylic acids is 2. The third kappa shape index (κ3) is 3.05. The quantitative estimate of drug-likeness (QED) is 0.650. The second-order valence-corrected chi connectivity index (χ2v) is 3.37. The number of likely N-dealkylation sites (N-methyl/N-ethyl adjacent to an activating group) is 1. The molecule has 2 amide bonds. The molecule has 1 rings (SSSR count). The zero-order valence-corrected chi connectivity index (χ0v) is 7.93. The predicted octanol–water partition coefficient (Wildman–Crippen LogP) is 0.0388. The lowest BCUT2D eigenvalue weighted by atomic mass is 10.1. The van der Waals surface area contributed by atoms with Crippen LogP contribution < -0.4 is 10.6 Å². The minimum atomic E-state index is -0.147. The molecule has 1 aliphatic rings. The van der Waals surface area contributed by atoms with Gasteiger partial charge in [-0.05, 0) is 12.8 Å². The van der Waals surface area contributed by atoms with E-state index in [0.29, 0.717) is 0 Å². The highest BCUT2D eigenvalue weighted by atomic mass is 16.2. The molecule has 1 fully saturated rings. The number of hydrogen-bond donors (Lipinski definition) is 2. The molecule has 0 radical (unpaired) electrons. The molecule has 0 aromatic carbocycles. The van der Waals surface area contributed by atoms with Crippen molar-refractivity contribution in [3.05, 3.63) is 0 Å². The van der Waals surface area contributed by atoms with Crippen LogP contribution in [0, 0.1) is 5.92 Å². The average molecular weight is 184 g/mol. The van der Waals surface area contributed by atoms with Gasteiger partial charge in [-0.25, -0.2) is 0 Å². The summed E-state index contributed by atoms with van der Waals surface area (Å²) < 4.78 is 0. The largest absolute Gasteiger partial charge is 0.358 e. The molecule has 1 saturated carbocycles. The summed E-state index contributed by atoms with van der Waals surface area (Å²) in [5.41, 5.74) is 0. The van der Waals surface area contributed by atoms with Crippen molar-refractivity contribution in [3.63, 3.8) is 0 Å². The first-order chi connectivity index (χ1) is 6.24. The second-order valence-electron chi connectivity index (χ2n) is 3.37. The standard InChI is InChI=1S/C9H16N2O2/c1-10-8(12)6-11-9(13)7-4-2-3-5-7/h7H,2-6H2,1H3,(H,10,12)(H,11,13). The molecule has 4 nitrogen and oxygen atoms in total. The van der Waals surface area contributed by atoms with Crippen molar-refractivity contribution in [2.24, 2.45) is 5.92 Å². The summed E-state index contributed by atoms with van der Waals surface area (Å²) in [6, 6.07) is 0. The Morgan fingerprint density at radius 2 is 1.92 bits per heavy atom. The van der Waals surface area contributed by atoms with Crippen LogP contribution in [-0.4, -0.2) is 25.4 Å². The lowest BCUT2D eigenvalue weighted by Crippen LogP contribution is -2.37. The van der Waals surface area contributed by atoms with Crippen LogP contribution in [-0.2, 0) is 9.59 Å². The maximum absolute atomic E-state index is 11.4. The fourth-order valence-corrected chi connectivity index (χ4v) is 1.59. The summed E-state index contributed by atoms with van der Waals surface area (Å²) in [7, 11) is 1.56. The van der Waals surface area contributed by atoms with Gasteiger partial charge in [0.05, 0.1) is 6.54 Å². The monoisotopic (exact) mass is 184 g/mol. The molecule has 2 N–H and O–H groups in total. The molecule has 0 aromatic heterocycles. The summed E-state index contributed by atoms with van der Waals surface area (Å²) in [6.07, 6.45) is 4.22. The van der Waals surface area contributed by atoms with Crippen LogP contribution in [0.3, 0.4) is 0 Å². The van der Waals surface area contributed by atoms with Crippen LogP contribution in [0.5, 0.6) is 0 Å². The van der Waals surface area contributed by atoms with Crippen molar-refractivity contribution in [2.45, 2.75) is 25.7 Å². The van der Waals surface area contributed by atoms with E-state index in [1.54, 1.807) is 7.05 Å². The summed E-state index contributed by atoms with van der Waals surface area (Å²) in [5.74, 6) is 0.0251. The van der Waals surface area contributed by atoms with Crippen LogP contribution >= 0.6 is 0 Å². The van der Waals surface area contributed by atoms with E-state index in [2.05, 4.69) is 10.6 Å². The first-order valence-corrected chi connectivity index (χ1v) is 4.72. The van der Waals surface area contributed by atoms with E-state index >= 15 is 0 Å². The van der Waals surface area contributed by atoms with E-state index in [0.717, 1.165) is 25.7 Å². The van der Waals surface area contributed by atoms with Gasteiger partial charge in [0.1, 0.15) is 0 Å². The second kappa shape index (κ2) is 4.84. The van der Waals surface area contributed by atoms with Gasteiger partial charge in [0.25, 0.3) is 0 Å². The van der Waals surface area contributed by atoms with Gasteiger partial charge in [-0.15, -0.1) is 0 Å². The summed E-state index contributed by atoms with van der Waals surface area (Å²) in [6.45, 7) is 0.103. The fraction of sp³-hybridized carbons (Fsp3) is 0.778. The normalized spacial score (nSPS) is 17.0. The first kappa shape index (κ1) is 10.0. The van der Waals surface area contributed by atoms with Crippen LogP contribution in [0.1, 0.15) is 25.7 Å². The van der Waals surface area contributed by atoms with E-state index in [4.69, 9.17) is 0 Å². The third-order valence-electron chi connectivity index (χ3n) is 2.43. The Balaban J connectivity index is 2.20. The van der Waals surface area contributed by atoms with Crippen molar-refractivity contribution in [1.82, 2.24) is 10.6 Å². The number of amides is 2. The number of nitrogens with one attached hydrogen (secondary N) is 2. The molecule has 0 heterocycles. The van der Waals surface area contributed by atoms with Gasteiger partial charge in [0, 0.05) is 13.0 Å². The highest BCUT2D eigenvalue weighted by molar-refractivity contribution is 5.85. The molecule has 74 valence electrons. The van der Waals surface area contributed by atoms with E-state index in [1.807, 2.05) is 0 Å². The molecule has 0 saturated heterocycles. The van der Waals surface area contributed by atoms with Crippen LogP contribution in [0.4, 0.5) is 0 Å². The lowest BCUT2D eigenvalue weighted by Gasteiger charge is -2.08. The predicted molar refractivity (Wildman–Crippen MR) is 49.0 cm³/mol. The molecule has 1 aliphatic carbocycles. The van der Waals surface area contributed by atoms with Gasteiger partial charge in [0.2, 0.25) is 11.8 Å². The molecule has 0 aromatic rings. The minimum Gasteiger partial charge on any atom is -0.358 e. The Bertz CT molecular complexity index is 198. The Morgan fingerprint density at radius 1 is 1.31 bits per heavy atom. The van der Waals surface area contributed by atoms with Gasteiger partial charge < -0.3 is 10.6 Å². The molecule has 0 spiro atoms. The Hall–Kier alpha value is -1.06. The highest BCUT2D eigenvalue weighted by Gasteiger charge is 2.22. The SMILES string of the molecule is CNC(=O)CNC(=O)C1CCCC1. The first-order valence-electron chi connectivity index (χ1n) is 4.72. The van der Waals surface area contributed by atoms with Gasteiger partial charge in [-0.2, -0.15) is 0 Å². The maximum atomic E-state index is 11.4. The number of carbonyl (C=O) groups is 2. The van der Waals surface area contributed by atoms with E-state index in [9.17, 15) is 9.59 Å². The van der Waals surface area contributed by atoms with Crippen LogP contribution in [0.2, 0.25) is 0 Å². The lowest BCUT2D eigenvalue weighted by molar-refractivity contribution is -0.128. The number of rotatable bonds is 3. The Kier molecular flexibility index (Phi) is 3.73. The average Bonchev–Trinajstić information content (AvgIpc) is 2.66. The van der Waals surface area contributed by atoms with E-state index in [1.165, 1.54) is 0 Å². The fourth-order valence-electron chi connectivity index (χ4n) is 1.59. The van der Waals surface area contributed by atoms with Crippen molar-refractivity contribution in [3.8, 4) is 0 Å². The van der Waals surface area contributed by atoms with Gasteiger partial charge in [0.15, 0.2) is 0 Å². The molecule has 0 unspecified atom stereocenters. The zero-order chi connectivity index (χ0) is 9.68. The molecular weight excluding hydrogens is 168 g/mol. The third-order valence-corrected chi connectivity index (χ3v) is 2.43. The molecule has 4 heteroatoms. The molecule has 0 aliphatic heterocycles. The zero-order valence-electron chi connectivity index (χ0n) is 7.93. The van der Waals surface area contributed by atoms with Crippen molar-refractivity contribution in [2.75, 3.05) is 13.6 Å². The molecule has 13 heavy (non-hydrogen) atoms. The van der Waals surface area contributed by atoms with Gasteiger partial charge in [-0.1, -0.05) is 12.8 Å². The van der Waals surface area contributed by atoms with Gasteiger partial charge >= 0.3 is 0 Å². The summed E-state index contributed by atoms with van der Waals surface area (Å²) in [4.78, 5) is 22.2. The summed E-state index contributed by atoms with van der Waals surface area (Å²) in [5, 5.41) is 5.08. The molecular formula is C9H16N2O2. The van der Waals surface area contributed by atoms with Gasteiger partial charge in [-0.3, -0.25) is 9.59 Å². The summed E-state index contributed by atoms with van der Waals surface area (Å²) >= 11 is 0. The highest BCUT2D eigenvalue weighted by Crippen LogP contribution is 2.24. The van der Waals surface area contributed by atoms with Crippen LogP contribution in [0.25, 0.3) is 0 Å². The Morgan fingerprint density at radius 3 is 2.46 bits per heavy atom. The molecule has 0 atom stereocenters. The van der Waals surface area contributed by atoms with Crippen molar-refractivity contribution >= 4 is 11.8 Å². The smallest absolute Gasteiger partial charge is 0.239 e. The van der Waals surface area contributed by atoms with E-state index < -0.39 is 0 Å². The number of hydrogen-bond acceptors (Lipinski definition) is 2. The van der Waals surface area contributed by atoms with Crippen molar-refractivity contribution < 1.29 is 9.59 Å². The van der Waals surface area contributed by atoms with Crippen LogP contribution in [0.15, 0.2) is 0 Å². The Labute approximate surface area is 78.1 Å². The topological polar surface area (TPSA) is 58.2 Å². The van der Waals surface area contributed by atoms with E-state index in [-0.39, 0.29) is 24.3 Å². The maximum Gasteiger partial charge on any atom is 0.239 e. The minimum absolute atomic E-state index is 0.0288. The molecule has 0 bridgehead atoms.